The van der Waals surface area contributed by atoms with E-state index in [-0.39, 0.29) is 23.8 Å². The lowest BCUT2D eigenvalue weighted by Crippen LogP contribution is -2.12. The standard InChI is InChI=1S/C20H18ClF2N3O4/c1-28-15-10-9-14(11-16(15)29-20(22)23)24-17(27)3-2-4-18-25-19(26-30-18)12-5-7-13(21)8-6-12/h5-11,20H,2-4H2,1H3,(H,24,27). The summed E-state index contributed by atoms with van der Waals surface area (Å²) >= 11 is 5.86. The minimum absolute atomic E-state index is 0.140. The van der Waals surface area contributed by atoms with Crippen molar-refractivity contribution in [2.45, 2.75) is 25.9 Å². The maximum absolute atomic E-state index is 12.5. The van der Waals surface area contributed by atoms with Crippen LogP contribution < -0.4 is 14.8 Å². The van der Waals surface area contributed by atoms with E-state index < -0.39 is 6.61 Å². The van der Waals surface area contributed by atoms with Crippen LogP contribution in [0.15, 0.2) is 47.0 Å². The number of nitrogens with zero attached hydrogens (tertiary/aromatic N) is 2. The Bertz CT molecular complexity index is 996. The van der Waals surface area contributed by atoms with Crippen LogP contribution in [0.1, 0.15) is 18.7 Å². The van der Waals surface area contributed by atoms with Gasteiger partial charge in [0.05, 0.1) is 7.11 Å². The van der Waals surface area contributed by atoms with Crippen LogP contribution in [0, 0.1) is 0 Å². The van der Waals surface area contributed by atoms with Crippen LogP contribution in [-0.4, -0.2) is 29.8 Å². The molecule has 0 spiro atoms. The van der Waals surface area contributed by atoms with Crippen molar-refractivity contribution in [2.24, 2.45) is 0 Å². The normalized spacial score (nSPS) is 10.8. The Labute approximate surface area is 175 Å². The Morgan fingerprint density at radius 2 is 1.97 bits per heavy atom. The first kappa shape index (κ1) is 21.5. The lowest BCUT2D eigenvalue weighted by molar-refractivity contribution is -0.116. The Morgan fingerprint density at radius 1 is 1.20 bits per heavy atom. The molecule has 1 amide bonds. The third-order valence-electron chi connectivity index (χ3n) is 4.03. The number of ether oxygens (including phenoxy) is 2. The van der Waals surface area contributed by atoms with Gasteiger partial charge in [0.15, 0.2) is 11.5 Å². The molecule has 0 aliphatic carbocycles. The molecule has 0 atom stereocenters. The molecule has 0 aliphatic rings. The third kappa shape index (κ3) is 5.90. The van der Waals surface area contributed by atoms with Crippen molar-refractivity contribution in [1.29, 1.82) is 0 Å². The van der Waals surface area contributed by atoms with E-state index in [0.717, 1.165) is 5.56 Å². The van der Waals surface area contributed by atoms with Crippen LogP contribution in [0.25, 0.3) is 11.4 Å². The lowest BCUT2D eigenvalue weighted by Gasteiger charge is -2.12. The number of alkyl halides is 2. The van der Waals surface area contributed by atoms with E-state index in [1.165, 1.54) is 25.3 Å². The summed E-state index contributed by atoms with van der Waals surface area (Å²) < 4.78 is 39.5. The zero-order chi connectivity index (χ0) is 21.5. The number of nitrogens with one attached hydrogen (secondary N) is 1. The lowest BCUT2D eigenvalue weighted by atomic mass is 10.2. The van der Waals surface area contributed by atoms with Crippen molar-refractivity contribution in [3.63, 3.8) is 0 Å². The molecule has 7 nitrogen and oxygen atoms in total. The zero-order valence-electron chi connectivity index (χ0n) is 15.9. The van der Waals surface area contributed by atoms with Crippen LogP contribution >= 0.6 is 11.6 Å². The zero-order valence-corrected chi connectivity index (χ0v) is 16.7. The Kier molecular flexibility index (Phi) is 7.18. The summed E-state index contributed by atoms with van der Waals surface area (Å²) in [6, 6.07) is 11.3. The number of hydrogen-bond donors (Lipinski definition) is 1. The molecule has 1 heterocycles. The van der Waals surface area contributed by atoms with Gasteiger partial charge in [-0.1, -0.05) is 16.8 Å². The van der Waals surface area contributed by atoms with Gasteiger partial charge in [-0.25, -0.2) is 0 Å². The molecular formula is C20H18ClF2N3O4. The minimum Gasteiger partial charge on any atom is -0.493 e. The van der Waals surface area contributed by atoms with Gasteiger partial charge in [-0.3, -0.25) is 4.79 Å². The average Bonchev–Trinajstić information content (AvgIpc) is 3.17. The topological polar surface area (TPSA) is 86.5 Å². The molecular weight excluding hydrogens is 420 g/mol. The van der Waals surface area contributed by atoms with E-state index in [2.05, 4.69) is 20.2 Å². The van der Waals surface area contributed by atoms with Gasteiger partial charge in [-0.05, 0) is 42.8 Å². The molecule has 0 saturated heterocycles. The van der Waals surface area contributed by atoms with Crippen molar-refractivity contribution in [1.82, 2.24) is 10.1 Å². The van der Waals surface area contributed by atoms with Gasteiger partial charge in [0.2, 0.25) is 17.6 Å². The largest absolute Gasteiger partial charge is 0.493 e. The number of carbonyl (C=O) groups excluding carboxylic acids is 1. The summed E-state index contributed by atoms with van der Waals surface area (Å²) in [5.74, 6) is 0.536. The molecule has 1 N–H and O–H groups in total. The minimum atomic E-state index is -3.00. The summed E-state index contributed by atoms with van der Waals surface area (Å²) in [5.41, 5.74) is 1.09. The molecule has 2 aromatic carbocycles. The number of rotatable bonds is 9. The Balaban J connectivity index is 1.51. The Morgan fingerprint density at radius 3 is 2.67 bits per heavy atom. The maximum Gasteiger partial charge on any atom is 0.387 e. The molecule has 1 aromatic heterocycles. The van der Waals surface area contributed by atoms with Gasteiger partial charge in [0.25, 0.3) is 0 Å². The van der Waals surface area contributed by atoms with Crippen molar-refractivity contribution in [3.8, 4) is 22.9 Å². The number of aromatic nitrogens is 2. The molecule has 30 heavy (non-hydrogen) atoms. The number of carbonyl (C=O) groups is 1. The maximum atomic E-state index is 12.5. The number of methoxy groups -OCH3 is 1. The molecule has 0 bridgehead atoms. The predicted molar refractivity (Wildman–Crippen MR) is 106 cm³/mol. The van der Waals surface area contributed by atoms with Gasteiger partial charge in [-0.15, -0.1) is 0 Å². The van der Waals surface area contributed by atoms with E-state index >= 15 is 0 Å². The monoisotopic (exact) mass is 437 g/mol. The second kappa shape index (κ2) is 10.0. The van der Waals surface area contributed by atoms with Crippen LogP contribution in [0.2, 0.25) is 5.02 Å². The first-order valence-corrected chi connectivity index (χ1v) is 9.33. The average molecular weight is 438 g/mol. The smallest absolute Gasteiger partial charge is 0.387 e. The van der Waals surface area contributed by atoms with Crippen molar-refractivity contribution >= 4 is 23.2 Å². The SMILES string of the molecule is COc1ccc(NC(=O)CCCc2nc(-c3ccc(Cl)cc3)no2)cc1OC(F)F. The number of hydrogen-bond acceptors (Lipinski definition) is 6. The van der Waals surface area contributed by atoms with E-state index in [0.29, 0.717) is 35.3 Å². The molecule has 0 fully saturated rings. The van der Waals surface area contributed by atoms with Crippen molar-refractivity contribution in [3.05, 3.63) is 53.4 Å². The van der Waals surface area contributed by atoms with E-state index in [9.17, 15) is 13.6 Å². The van der Waals surface area contributed by atoms with Gasteiger partial charge in [0, 0.05) is 35.2 Å². The molecule has 0 unspecified atom stereocenters. The molecule has 0 radical (unpaired) electrons. The number of halogens is 3. The number of anilines is 1. The van der Waals surface area contributed by atoms with Crippen molar-refractivity contribution in [2.75, 3.05) is 12.4 Å². The number of benzene rings is 2. The summed E-state index contributed by atoms with van der Waals surface area (Å²) in [6.45, 7) is -3.00. The number of aryl methyl sites for hydroxylation is 1. The summed E-state index contributed by atoms with van der Waals surface area (Å²) in [5, 5.41) is 7.15. The van der Waals surface area contributed by atoms with Crippen LogP contribution in [0.3, 0.4) is 0 Å². The predicted octanol–water partition coefficient (Wildman–Crippen LogP) is 4.96. The highest BCUT2D eigenvalue weighted by molar-refractivity contribution is 6.30. The fourth-order valence-corrected chi connectivity index (χ4v) is 2.76. The van der Waals surface area contributed by atoms with E-state index in [4.69, 9.17) is 20.9 Å². The molecule has 0 saturated carbocycles. The van der Waals surface area contributed by atoms with E-state index in [1.807, 2.05) is 0 Å². The first-order chi connectivity index (χ1) is 14.4. The second-order valence-corrected chi connectivity index (χ2v) is 6.60. The van der Waals surface area contributed by atoms with Gasteiger partial charge >= 0.3 is 6.61 Å². The highest BCUT2D eigenvalue weighted by atomic mass is 35.5. The molecule has 10 heteroatoms. The molecule has 3 rings (SSSR count). The molecule has 0 aliphatic heterocycles. The molecule has 3 aromatic rings. The van der Waals surface area contributed by atoms with E-state index in [1.54, 1.807) is 24.3 Å². The third-order valence-corrected chi connectivity index (χ3v) is 4.28. The van der Waals surface area contributed by atoms with Crippen LogP contribution in [-0.2, 0) is 11.2 Å². The quantitative estimate of drug-likeness (QED) is 0.509. The fraction of sp³-hybridized carbons (Fsp3) is 0.250. The summed E-state index contributed by atoms with van der Waals surface area (Å²) in [4.78, 5) is 16.4. The highest BCUT2D eigenvalue weighted by Crippen LogP contribution is 2.31. The Hall–Kier alpha value is -3.20. The van der Waals surface area contributed by atoms with Gasteiger partial charge in [-0.2, -0.15) is 13.8 Å². The van der Waals surface area contributed by atoms with Crippen LogP contribution in [0.5, 0.6) is 11.5 Å². The van der Waals surface area contributed by atoms with Crippen LogP contribution in [0.4, 0.5) is 14.5 Å². The molecule has 158 valence electrons. The summed E-state index contributed by atoms with van der Waals surface area (Å²) in [6.07, 6.45) is 1.05. The number of amides is 1. The summed E-state index contributed by atoms with van der Waals surface area (Å²) in [7, 11) is 1.34. The first-order valence-electron chi connectivity index (χ1n) is 8.96. The van der Waals surface area contributed by atoms with Crippen molar-refractivity contribution < 1.29 is 27.6 Å². The van der Waals surface area contributed by atoms with Gasteiger partial charge in [0.1, 0.15) is 0 Å². The highest BCUT2D eigenvalue weighted by Gasteiger charge is 2.13. The second-order valence-electron chi connectivity index (χ2n) is 6.16. The van der Waals surface area contributed by atoms with Gasteiger partial charge < -0.3 is 19.3 Å². The fourth-order valence-electron chi connectivity index (χ4n) is 2.64.